The Morgan fingerprint density at radius 2 is 1.85 bits per heavy atom. The van der Waals surface area contributed by atoms with Crippen molar-refractivity contribution in [3.8, 4) is 16.9 Å². The number of fused-ring (bicyclic) bond motifs is 1. The van der Waals surface area contributed by atoms with Gasteiger partial charge in [0.15, 0.2) is 0 Å². The van der Waals surface area contributed by atoms with Gasteiger partial charge in [-0.1, -0.05) is 35.0 Å². The molecule has 196 valence electrons. The molecule has 1 saturated heterocycles. The predicted octanol–water partition coefficient (Wildman–Crippen LogP) is 5.69. The topological polar surface area (TPSA) is 88.8 Å². The highest BCUT2D eigenvalue weighted by molar-refractivity contribution is 9.10. The van der Waals surface area contributed by atoms with Crippen LogP contribution >= 0.6 is 27.5 Å². The Labute approximate surface area is 239 Å². The molecule has 4 heterocycles. The maximum atomic E-state index is 13.5. The summed E-state index contributed by atoms with van der Waals surface area (Å²) in [7, 11) is 0. The van der Waals surface area contributed by atoms with E-state index in [2.05, 4.69) is 41.4 Å². The number of likely N-dealkylation sites (tertiary alicyclic amines) is 1. The molecule has 0 unspecified atom stereocenters. The first kappa shape index (κ1) is 25.6. The average molecular weight is 603 g/mol. The minimum absolute atomic E-state index is 0.0709. The normalized spacial score (nSPS) is 14.5. The molecular formula is C29H25BrClN7O. The molecule has 39 heavy (non-hydrogen) atoms. The van der Waals surface area contributed by atoms with E-state index in [4.69, 9.17) is 16.6 Å². The summed E-state index contributed by atoms with van der Waals surface area (Å²) in [5.41, 5.74) is 4.88. The average Bonchev–Trinajstić information content (AvgIpc) is 3.44. The number of piperidine rings is 1. The lowest BCUT2D eigenvalue weighted by Gasteiger charge is -2.31. The molecule has 1 aliphatic rings. The second-order valence-electron chi connectivity index (χ2n) is 9.58. The minimum Gasteiger partial charge on any atom is -0.349 e. The number of amides is 1. The Kier molecular flexibility index (Phi) is 7.36. The van der Waals surface area contributed by atoms with E-state index in [-0.39, 0.29) is 11.9 Å². The molecule has 0 bridgehead atoms. The first-order valence-corrected chi connectivity index (χ1v) is 13.9. The van der Waals surface area contributed by atoms with Gasteiger partial charge in [0.25, 0.3) is 5.91 Å². The van der Waals surface area contributed by atoms with Crippen molar-refractivity contribution in [3.63, 3.8) is 0 Å². The van der Waals surface area contributed by atoms with Crippen molar-refractivity contribution in [2.24, 2.45) is 0 Å². The molecule has 0 atom stereocenters. The van der Waals surface area contributed by atoms with Gasteiger partial charge in [-0.3, -0.25) is 14.7 Å². The van der Waals surface area contributed by atoms with Crippen LogP contribution in [0.15, 0.2) is 83.7 Å². The number of carbonyl (C=O) groups is 1. The smallest absolute Gasteiger partial charge is 0.252 e. The summed E-state index contributed by atoms with van der Waals surface area (Å²) in [6.07, 6.45) is 7.13. The van der Waals surface area contributed by atoms with Crippen molar-refractivity contribution in [2.45, 2.75) is 25.4 Å². The number of nitrogens with zero attached hydrogens (tertiary/aromatic N) is 6. The van der Waals surface area contributed by atoms with E-state index < -0.39 is 0 Å². The van der Waals surface area contributed by atoms with Crippen LogP contribution in [0.5, 0.6) is 0 Å². The molecule has 5 aromatic rings. The number of aromatic nitrogens is 5. The molecular weight excluding hydrogens is 578 g/mol. The standard InChI is InChI=1S/C29H25BrClN7O/c30-25-6-5-22(15-26(25)31)38-18-21(35-36-38)17-37-13-9-20(10-14-37)33-29(39)24-16-28(19-7-11-32-12-8-19)34-27-4-2-1-3-23(24)27/h1-8,11-12,15-16,18,20H,9-10,13-14,17H2,(H,33,39). The van der Waals surface area contributed by atoms with E-state index in [0.29, 0.717) is 17.1 Å². The Hall–Kier alpha value is -3.66. The second-order valence-corrected chi connectivity index (χ2v) is 10.8. The van der Waals surface area contributed by atoms with Gasteiger partial charge in [-0.05, 0) is 71.2 Å². The van der Waals surface area contributed by atoms with Crippen LogP contribution in [0.2, 0.25) is 5.02 Å². The molecule has 1 N–H and O–H groups in total. The van der Waals surface area contributed by atoms with Crippen LogP contribution in [-0.4, -0.2) is 54.9 Å². The summed E-state index contributed by atoms with van der Waals surface area (Å²) in [6, 6.07) is 19.2. The zero-order valence-electron chi connectivity index (χ0n) is 21.0. The fourth-order valence-electron chi connectivity index (χ4n) is 4.89. The molecule has 0 radical (unpaired) electrons. The van der Waals surface area contributed by atoms with E-state index in [1.807, 2.05) is 66.9 Å². The van der Waals surface area contributed by atoms with Crippen LogP contribution in [-0.2, 0) is 6.54 Å². The molecule has 0 saturated carbocycles. The first-order valence-electron chi connectivity index (χ1n) is 12.7. The van der Waals surface area contributed by atoms with Gasteiger partial charge >= 0.3 is 0 Å². The zero-order valence-corrected chi connectivity index (χ0v) is 23.3. The molecule has 2 aromatic carbocycles. The monoisotopic (exact) mass is 601 g/mol. The molecule has 0 aliphatic carbocycles. The van der Waals surface area contributed by atoms with Crippen molar-refractivity contribution in [2.75, 3.05) is 13.1 Å². The summed E-state index contributed by atoms with van der Waals surface area (Å²) in [5, 5.41) is 13.4. The van der Waals surface area contributed by atoms with E-state index in [0.717, 1.165) is 63.9 Å². The van der Waals surface area contributed by atoms with E-state index in [1.54, 1.807) is 17.1 Å². The summed E-state index contributed by atoms with van der Waals surface area (Å²) in [4.78, 5) is 24.7. The Morgan fingerprint density at radius 1 is 1.05 bits per heavy atom. The number of benzene rings is 2. The van der Waals surface area contributed by atoms with E-state index in [1.165, 1.54) is 0 Å². The van der Waals surface area contributed by atoms with Crippen molar-refractivity contribution >= 4 is 44.3 Å². The van der Waals surface area contributed by atoms with Crippen LogP contribution in [0.25, 0.3) is 27.8 Å². The van der Waals surface area contributed by atoms with Gasteiger partial charge in [0.1, 0.15) is 0 Å². The Bertz CT molecular complexity index is 1630. The van der Waals surface area contributed by atoms with Crippen molar-refractivity contribution in [3.05, 3.63) is 100 Å². The lowest BCUT2D eigenvalue weighted by molar-refractivity contribution is 0.0910. The fourth-order valence-corrected chi connectivity index (χ4v) is 5.31. The SMILES string of the molecule is O=C(NC1CCN(Cc2cn(-c3ccc(Br)c(Cl)c3)nn2)CC1)c1cc(-c2ccncc2)nc2ccccc12. The van der Waals surface area contributed by atoms with Gasteiger partial charge in [0.2, 0.25) is 0 Å². The third kappa shape index (κ3) is 5.71. The quantitative estimate of drug-likeness (QED) is 0.269. The van der Waals surface area contributed by atoms with E-state index in [9.17, 15) is 4.79 Å². The second kappa shape index (κ2) is 11.2. The molecule has 8 nitrogen and oxygen atoms in total. The first-order chi connectivity index (χ1) is 19.0. The maximum Gasteiger partial charge on any atom is 0.252 e. The molecule has 1 aliphatic heterocycles. The minimum atomic E-state index is -0.0709. The zero-order chi connectivity index (χ0) is 26.8. The van der Waals surface area contributed by atoms with Crippen LogP contribution in [0.3, 0.4) is 0 Å². The van der Waals surface area contributed by atoms with Crippen molar-refractivity contribution in [1.82, 2.24) is 35.2 Å². The van der Waals surface area contributed by atoms with Gasteiger partial charge in [0, 0.05) is 53.5 Å². The highest BCUT2D eigenvalue weighted by Crippen LogP contribution is 2.26. The van der Waals surface area contributed by atoms with Crippen LogP contribution in [0, 0.1) is 0 Å². The molecule has 6 rings (SSSR count). The molecule has 10 heteroatoms. The third-order valence-electron chi connectivity index (χ3n) is 6.95. The summed E-state index contributed by atoms with van der Waals surface area (Å²) >= 11 is 9.64. The number of rotatable bonds is 6. The van der Waals surface area contributed by atoms with Gasteiger partial charge < -0.3 is 5.32 Å². The number of carbonyl (C=O) groups excluding carboxylic acids is 1. The summed E-state index contributed by atoms with van der Waals surface area (Å²) in [6.45, 7) is 2.43. The summed E-state index contributed by atoms with van der Waals surface area (Å²) < 4.78 is 2.58. The maximum absolute atomic E-state index is 13.5. The lowest BCUT2D eigenvalue weighted by Crippen LogP contribution is -2.44. The van der Waals surface area contributed by atoms with Crippen molar-refractivity contribution in [1.29, 1.82) is 0 Å². The summed E-state index contributed by atoms with van der Waals surface area (Å²) in [5.74, 6) is -0.0709. The van der Waals surface area contributed by atoms with Crippen LogP contribution < -0.4 is 5.32 Å². The predicted molar refractivity (Wildman–Crippen MR) is 155 cm³/mol. The lowest BCUT2D eigenvalue weighted by atomic mass is 10.0. The molecule has 1 amide bonds. The Morgan fingerprint density at radius 3 is 2.64 bits per heavy atom. The largest absolute Gasteiger partial charge is 0.349 e. The fraction of sp³-hybridized carbons (Fsp3) is 0.207. The van der Waals surface area contributed by atoms with Gasteiger partial charge in [0.05, 0.1) is 39.4 Å². The number of hydrogen-bond donors (Lipinski definition) is 1. The number of hydrogen-bond acceptors (Lipinski definition) is 6. The van der Waals surface area contributed by atoms with Crippen LogP contribution in [0.1, 0.15) is 28.9 Å². The van der Waals surface area contributed by atoms with Gasteiger partial charge in [-0.25, -0.2) is 9.67 Å². The molecule has 0 spiro atoms. The number of nitrogens with one attached hydrogen (secondary N) is 1. The Balaban J connectivity index is 1.10. The van der Waals surface area contributed by atoms with E-state index >= 15 is 0 Å². The van der Waals surface area contributed by atoms with Crippen LogP contribution in [0.4, 0.5) is 0 Å². The molecule has 3 aromatic heterocycles. The highest BCUT2D eigenvalue weighted by Gasteiger charge is 2.23. The number of halogens is 2. The molecule has 1 fully saturated rings. The highest BCUT2D eigenvalue weighted by atomic mass is 79.9. The van der Waals surface area contributed by atoms with Crippen molar-refractivity contribution < 1.29 is 4.79 Å². The van der Waals surface area contributed by atoms with Gasteiger partial charge in [-0.2, -0.15) is 0 Å². The van der Waals surface area contributed by atoms with Gasteiger partial charge in [-0.15, -0.1) is 5.10 Å². The number of pyridine rings is 2. The third-order valence-corrected chi connectivity index (χ3v) is 8.19. The number of para-hydroxylation sites is 1.